The molecule has 0 aromatic carbocycles. The van der Waals surface area contributed by atoms with E-state index in [0.717, 1.165) is 6.42 Å². The van der Waals surface area contributed by atoms with E-state index in [1.54, 1.807) is 4.90 Å². The van der Waals surface area contributed by atoms with Crippen molar-refractivity contribution in [1.29, 1.82) is 5.26 Å². The number of hydrogen-bond acceptors (Lipinski definition) is 7. The fourth-order valence-corrected chi connectivity index (χ4v) is 2.41. The summed E-state index contributed by atoms with van der Waals surface area (Å²) in [4.78, 5) is 27.9. The Morgan fingerprint density at radius 2 is 2.43 bits per heavy atom. The Kier molecular flexibility index (Phi) is 4.33. The van der Waals surface area contributed by atoms with Crippen LogP contribution in [0.5, 0.6) is 0 Å². The Bertz CT molecular complexity index is 611. The van der Waals surface area contributed by atoms with Crippen LogP contribution in [-0.2, 0) is 9.53 Å². The molecule has 21 heavy (non-hydrogen) atoms. The zero-order valence-corrected chi connectivity index (χ0v) is 11.5. The van der Waals surface area contributed by atoms with E-state index in [0.29, 0.717) is 19.5 Å². The molecule has 1 saturated heterocycles. The molecule has 1 aromatic rings. The number of nitro groups is 1. The number of ether oxygens (including phenoxy) is 1. The number of carbonyl (C=O) groups excluding carboxylic acids is 1. The minimum absolute atomic E-state index is 0.131. The summed E-state index contributed by atoms with van der Waals surface area (Å²) < 4.78 is 4.73. The van der Waals surface area contributed by atoms with E-state index in [2.05, 4.69) is 4.98 Å². The highest BCUT2D eigenvalue weighted by Crippen LogP contribution is 2.30. The molecule has 0 spiro atoms. The molecule has 2 heterocycles. The first-order valence-electron chi connectivity index (χ1n) is 6.44. The molecule has 1 atom stereocenters. The van der Waals surface area contributed by atoms with Crippen molar-refractivity contribution < 1.29 is 14.5 Å². The molecule has 110 valence electrons. The van der Waals surface area contributed by atoms with Crippen molar-refractivity contribution in [2.24, 2.45) is 5.92 Å². The molecular weight excluding hydrogens is 276 g/mol. The third-order valence-corrected chi connectivity index (χ3v) is 3.43. The fraction of sp³-hybridized carbons (Fsp3) is 0.462. The highest BCUT2D eigenvalue weighted by atomic mass is 16.6. The maximum Gasteiger partial charge on any atom is 0.312 e. The van der Waals surface area contributed by atoms with Gasteiger partial charge in [0.15, 0.2) is 0 Å². The second-order valence-corrected chi connectivity index (χ2v) is 4.74. The quantitative estimate of drug-likeness (QED) is 0.468. The van der Waals surface area contributed by atoms with Crippen molar-refractivity contribution in [2.45, 2.75) is 12.8 Å². The van der Waals surface area contributed by atoms with Gasteiger partial charge in [0.2, 0.25) is 5.82 Å². The van der Waals surface area contributed by atoms with Crippen molar-refractivity contribution in [3.63, 3.8) is 0 Å². The Balaban J connectivity index is 2.31. The van der Waals surface area contributed by atoms with E-state index >= 15 is 0 Å². The van der Waals surface area contributed by atoms with E-state index in [9.17, 15) is 14.9 Å². The smallest absolute Gasteiger partial charge is 0.312 e. The summed E-state index contributed by atoms with van der Waals surface area (Å²) >= 11 is 0. The SMILES string of the molecule is COC(=O)C1CCCN(c2ncc(C#N)cc2[N+](=O)[O-])C1. The zero-order valence-electron chi connectivity index (χ0n) is 11.5. The standard InChI is InChI=1S/C13H14N4O4/c1-21-13(18)10-3-2-4-16(8-10)12-11(17(19)20)5-9(6-14)7-15-12/h5,7,10H,2-4,8H2,1H3. The molecule has 1 aliphatic heterocycles. The number of nitrogens with zero attached hydrogens (tertiary/aromatic N) is 4. The van der Waals surface area contributed by atoms with Gasteiger partial charge in [0.25, 0.3) is 0 Å². The molecule has 1 unspecified atom stereocenters. The lowest BCUT2D eigenvalue weighted by atomic mass is 9.98. The van der Waals surface area contributed by atoms with Crippen LogP contribution in [0.2, 0.25) is 0 Å². The van der Waals surface area contributed by atoms with Crippen molar-refractivity contribution in [1.82, 2.24) is 4.98 Å². The number of pyridine rings is 1. The molecule has 0 radical (unpaired) electrons. The second kappa shape index (κ2) is 6.17. The molecule has 0 aliphatic carbocycles. The molecule has 1 aromatic heterocycles. The van der Waals surface area contributed by atoms with E-state index in [-0.39, 0.29) is 29.0 Å². The van der Waals surface area contributed by atoms with Gasteiger partial charge in [0, 0.05) is 25.4 Å². The van der Waals surface area contributed by atoms with E-state index < -0.39 is 4.92 Å². The lowest BCUT2D eigenvalue weighted by molar-refractivity contribution is -0.384. The lowest BCUT2D eigenvalue weighted by Crippen LogP contribution is -2.39. The second-order valence-electron chi connectivity index (χ2n) is 4.74. The number of nitriles is 1. The normalized spacial score (nSPS) is 17.9. The molecule has 8 nitrogen and oxygen atoms in total. The van der Waals surface area contributed by atoms with Crippen molar-refractivity contribution >= 4 is 17.5 Å². The molecule has 0 saturated carbocycles. The van der Waals surface area contributed by atoms with Crippen LogP contribution in [0.1, 0.15) is 18.4 Å². The summed E-state index contributed by atoms with van der Waals surface area (Å²) in [5.41, 5.74) is -0.0912. The van der Waals surface area contributed by atoms with Crippen LogP contribution in [0.25, 0.3) is 0 Å². The van der Waals surface area contributed by atoms with Gasteiger partial charge in [0.1, 0.15) is 6.07 Å². The average Bonchev–Trinajstić information content (AvgIpc) is 2.53. The molecule has 8 heteroatoms. The van der Waals surface area contributed by atoms with E-state index in [4.69, 9.17) is 10.00 Å². The maximum absolute atomic E-state index is 11.6. The van der Waals surface area contributed by atoms with Crippen LogP contribution in [-0.4, -0.2) is 36.1 Å². The predicted octanol–water partition coefficient (Wildman–Crippen LogP) is 1.25. The third kappa shape index (κ3) is 3.08. The van der Waals surface area contributed by atoms with Crippen molar-refractivity contribution in [3.05, 3.63) is 27.9 Å². The molecule has 2 rings (SSSR count). The Morgan fingerprint density at radius 3 is 3.05 bits per heavy atom. The number of aromatic nitrogens is 1. The average molecular weight is 290 g/mol. The van der Waals surface area contributed by atoms with E-state index in [1.807, 2.05) is 6.07 Å². The minimum atomic E-state index is -0.565. The summed E-state index contributed by atoms with van der Waals surface area (Å²) in [6.07, 6.45) is 2.70. The summed E-state index contributed by atoms with van der Waals surface area (Å²) in [6, 6.07) is 3.03. The minimum Gasteiger partial charge on any atom is -0.469 e. The van der Waals surface area contributed by atoms with Crippen molar-refractivity contribution in [2.75, 3.05) is 25.1 Å². The van der Waals surface area contributed by atoms with Crippen LogP contribution < -0.4 is 4.90 Å². The topological polar surface area (TPSA) is 109 Å². The first-order chi connectivity index (χ1) is 10.1. The number of anilines is 1. The van der Waals surface area contributed by atoms with Crippen LogP contribution in [0.15, 0.2) is 12.3 Å². The summed E-state index contributed by atoms with van der Waals surface area (Å²) in [5.74, 6) is -0.454. The monoisotopic (exact) mass is 290 g/mol. The number of hydrogen-bond donors (Lipinski definition) is 0. The number of esters is 1. The van der Waals surface area contributed by atoms with Gasteiger partial charge in [-0.3, -0.25) is 14.9 Å². The molecule has 1 fully saturated rings. The number of piperidine rings is 1. The van der Waals surface area contributed by atoms with Gasteiger partial charge in [-0.05, 0) is 12.8 Å². The van der Waals surface area contributed by atoms with Gasteiger partial charge in [-0.15, -0.1) is 0 Å². The van der Waals surface area contributed by atoms with Crippen LogP contribution in [0, 0.1) is 27.4 Å². The first kappa shape index (κ1) is 14.7. The molecule has 1 aliphatic rings. The predicted molar refractivity (Wildman–Crippen MR) is 72.6 cm³/mol. The number of carbonyl (C=O) groups is 1. The Hall–Kier alpha value is -2.69. The van der Waals surface area contributed by atoms with Crippen LogP contribution >= 0.6 is 0 Å². The summed E-state index contributed by atoms with van der Waals surface area (Å²) in [7, 11) is 1.32. The van der Waals surface area contributed by atoms with Gasteiger partial charge in [-0.1, -0.05) is 0 Å². The fourth-order valence-electron chi connectivity index (χ4n) is 2.41. The van der Waals surface area contributed by atoms with Gasteiger partial charge in [-0.2, -0.15) is 5.26 Å². The number of rotatable bonds is 3. The van der Waals surface area contributed by atoms with Gasteiger partial charge in [-0.25, -0.2) is 4.98 Å². The highest BCUT2D eigenvalue weighted by Gasteiger charge is 2.30. The lowest BCUT2D eigenvalue weighted by Gasteiger charge is -2.31. The van der Waals surface area contributed by atoms with Gasteiger partial charge >= 0.3 is 11.7 Å². The summed E-state index contributed by atoms with van der Waals surface area (Å²) in [6.45, 7) is 0.902. The molecule has 0 amide bonds. The highest BCUT2D eigenvalue weighted by molar-refractivity contribution is 5.74. The largest absolute Gasteiger partial charge is 0.469 e. The van der Waals surface area contributed by atoms with Crippen LogP contribution in [0.4, 0.5) is 11.5 Å². The number of methoxy groups -OCH3 is 1. The summed E-state index contributed by atoms with van der Waals surface area (Å²) in [5, 5.41) is 19.9. The Morgan fingerprint density at radius 1 is 1.67 bits per heavy atom. The zero-order chi connectivity index (χ0) is 15.4. The van der Waals surface area contributed by atoms with E-state index in [1.165, 1.54) is 19.4 Å². The maximum atomic E-state index is 11.6. The van der Waals surface area contributed by atoms with Gasteiger partial charge in [0.05, 0.1) is 23.5 Å². The van der Waals surface area contributed by atoms with Crippen LogP contribution in [0.3, 0.4) is 0 Å². The molecular formula is C13H14N4O4. The molecule has 0 N–H and O–H groups in total. The Labute approximate surface area is 121 Å². The first-order valence-corrected chi connectivity index (χ1v) is 6.44. The third-order valence-electron chi connectivity index (χ3n) is 3.43. The molecule has 0 bridgehead atoms. The van der Waals surface area contributed by atoms with Crippen molar-refractivity contribution in [3.8, 4) is 6.07 Å². The van der Waals surface area contributed by atoms with Gasteiger partial charge < -0.3 is 9.64 Å².